The molecule has 1 amide bonds. The summed E-state index contributed by atoms with van der Waals surface area (Å²) in [6.45, 7) is 2.46. The van der Waals surface area contributed by atoms with Crippen LogP contribution >= 0.6 is 0 Å². The summed E-state index contributed by atoms with van der Waals surface area (Å²) < 4.78 is 21.3. The van der Waals surface area contributed by atoms with Gasteiger partial charge in [0.1, 0.15) is 29.6 Å². The van der Waals surface area contributed by atoms with Crippen LogP contribution in [0.25, 0.3) is 0 Å². The smallest absolute Gasteiger partial charge is 0.260 e. The molecule has 0 aliphatic heterocycles. The molecular formula is C19H23NO5. The largest absolute Gasteiger partial charge is 0.497 e. The summed E-state index contributed by atoms with van der Waals surface area (Å²) in [6.07, 6.45) is -0.602. The molecule has 0 fully saturated rings. The number of methoxy groups -OCH3 is 2. The van der Waals surface area contributed by atoms with Crippen molar-refractivity contribution in [1.82, 2.24) is 5.32 Å². The minimum absolute atomic E-state index is 0.200. The first-order valence-electron chi connectivity index (χ1n) is 7.97. The molecule has 0 radical (unpaired) electrons. The zero-order valence-corrected chi connectivity index (χ0v) is 14.7. The summed E-state index contributed by atoms with van der Waals surface area (Å²) in [5.74, 6) is 2.63. The van der Waals surface area contributed by atoms with E-state index in [1.54, 1.807) is 45.4 Å². The van der Waals surface area contributed by atoms with Crippen LogP contribution in [0.2, 0.25) is 0 Å². The van der Waals surface area contributed by atoms with Crippen LogP contribution in [0.1, 0.15) is 6.92 Å². The van der Waals surface area contributed by atoms with Crippen LogP contribution < -0.4 is 24.3 Å². The number of ether oxygens (including phenoxy) is 4. The van der Waals surface area contributed by atoms with Crippen molar-refractivity contribution in [2.24, 2.45) is 0 Å². The van der Waals surface area contributed by atoms with Crippen molar-refractivity contribution in [2.75, 3.05) is 27.4 Å². The number of hydrogen-bond donors (Lipinski definition) is 1. The first-order chi connectivity index (χ1) is 12.1. The van der Waals surface area contributed by atoms with Gasteiger partial charge >= 0.3 is 0 Å². The van der Waals surface area contributed by atoms with E-state index in [0.717, 1.165) is 17.2 Å². The van der Waals surface area contributed by atoms with Gasteiger partial charge in [-0.3, -0.25) is 4.79 Å². The Balaban J connectivity index is 1.69. The SMILES string of the molecule is COc1ccc(OCCNC(=O)[C@H](C)Oc2ccc(OC)cc2)cc1. The fourth-order valence-corrected chi connectivity index (χ4v) is 2.07. The molecule has 6 nitrogen and oxygen atoms in total. The predicted octanol–water partition coefficient (Wildman–Crippen LogP) is 2.67. The lowest BCUT2D eigenvalue weighted by Crippen LogP contribution is -2.38. The van der Waals surface area contributed by atoms with Gasteiger partial charge in [-0.15, -0.1) is 0 Å². The van der Waals surface area contributed by atoms with Crippen molar-refractivity contribution in [3.05, 3.63) is 48.5 Å². The van der Waals surface area contributed by atoms with E-state index in [1.165, 1.54) is 0 Å². The van der Waals surface area contributed by atoms with Crippen molar-refractivity contribution in [3.63, 3.8) is 0 Å². The third-order valence-corrected chi connectivity index (χ3v) is 3.47. The molecule has 0 saturated carbocycles. The monoisotopic (exact) mass is 345 g/mol. The van der Waals surface area contributed by atoms with E-state index in [-0.39, 0.29) is 5.91 Å². The topological polar surface area (TPSA) is 66.0 Å². The minimum Gasteiger partial charge on any atom is -0.497 e. The fourth-order valence-electron chi connectivity index (χ4n) is 2.07. The molecule has 2 rings (SSSR count). The number of amides is 1. The second kappa shape index (κ2) is 9.42. The summed E-state index contributed by atoms with van der Waals surface area (Å²) in [7, 11) is 3.21. The molecule has 0 aliphatic rings. The Labute approximate surface area is 147 Å². The molecule has 2 aromatic rings. The highest BCUT2D eigenvalue weighted by molar-refractivity contribution is 5.80. The van der Waals surface area contributed by atoms with Crippen molar-refractivity contribution in [3.8, 4) is 23.0 Å². The molecule has 0 heterocycles. The summed E-state index contributed by atoms with van der Waals surface area (Å²) >= 11 is 0. The van der Waals surface area contributed by atoms with Crippen molar-refractivity contribution in [2.45, 2.75) is 13.0 Å². The van der Waals surface area contributed by atoms with Crippen LogP contribution in [0.3, 0.4) is 0 Å². The van der Waals surface area contributed by atoms with E-state index >= 15 is 0 Å². The van der Waals surface area contributed by atoms with Gasteiger partial charge in [0, 0.05) is 0 Å². The van der Waals surface area contributed by atoms with Crippen LogP contribution in [0.15, 0.2) is 48.5 Å². The van der Waals surface area contributed by atoms with Crippen molar-refractivity contribution in [1.29, 1.82) is 0 Å². The Hall–Kier alpha value is -2.89. The maximum Gasteiger partial charge on any atom is 0.260 e. The molecular weight excluding hydrogens is 322 g/mol. The molecule has 25 heavy (non-hydrogen) atoms. The highest BCUT2D eigenvalue weighted by Crippen LogP contribution is 2.18. The van der Waals surface area contributed by atoms with Gasteiger partial charge in [0.05, 0.1) is 20.8 Å². The Morgan fingerprint density at radius 3 is 1.88 bits per heavy atom. The minimum atomic E-state index is -0.602. The molecule has 6 heteroatoms. The molecule has 2 aromatic carbocycles. The van der Waals surface area contributed by atoms with Gasteiger partial charge in [-0.1, -0.05) is 0 Å². The zero-order valence-electron chi connectivity index (χ0n) is 14.7. The van der Waals surface area contributed by atoms with Gasteiger partial charge in [-0.2, -0.15) is 0 Å². The molecule has 0 aromatic heterocycles. The van der Waals surface area contributed by atoms with Gasteiger partial charge in [0.15, 0.2) is 6.10 Å². The zero-order chi connectivity index (χ0) is 18.1. The molecule has 0 aliphatic carbocycles. The van der Waals surface area contributed by atoms with Gasteiger partial charge in [0.25, 0.3) is 5.91 Å². The lowest BCUT2D eigenvalue weighted by Gasteiger charge is -2.15. The maximum absolute atomic E-state index is 12.0. The lowest BCUT2D eigenvalue weighted by atomic mass is 10.3. The normalized spacial score (nSPS) is 11.3. The summed E-state index contributed by atoms with van der Waals surface area (Å²) in [4.78, 5) is 12.0. The van der Waals surface area contributed by atoms with Crippen LogP contribution in [-0.2, 0) is 4.79 Å². The highest BCUT2D eigenvalue weighted by atomic mass is 16.5. The first kappa shape index (κ1) is 18.4. The van der Waals surface area contributed by atoms with Gasteiger partial charge < -0.3 is 24.3 Å². The van der Waals surface area contributed by atoms with Crippen LogP contribution in [0, 0.1) is 0 Å². The molecule has 0 spiro atoms. The number of rotatable bonds is 9. The standard InChI is InChI=1S/C19H23NO5/c1-14(25-18-10-6-16(23-3)7-11-18)19(21)20-12-13-24-17-8-4-15(22-2)5-9-17/h4-11,14H,12-13H2,1-3H3,(H,20,21)/t14-/m0/s1. The molecule has 134 valence electrons. The summed E-state index contributed by atoms with van der Waals surface area (Å²) in [5.41, 5.74) is 0. The first-order valence-corrected chi connectivity index (χ1v) is 7.97. The number of hydrogen-bond acceptors (Lipinski definition) is 5. The third-order valence-electron chi connectivity index (χ3n) is 3.47. The average molecular weight is 345 g/mol. The van der Waals surface area contributed by atoms with Gasteiger partial charge in [0.2, 0.25) is 0 Å². The second-order valence-electron chi connectivity index (χ2n) is 5.25. The molecule has 0 saturated heterocycles. The molecule has 0 bridgehead atoms. The van der Waals surface area contributed by atoms with E-state index in [0.29, 0.717) is 18.9 Å². The van der Waals surface area contributed by atoms with E-state index in [9.17, 15) is 4.79 Å². The van der Waals surface area contributed by atoms with E-state index in [4.69, 9.17) is 18.9 Å². The number of carbonyl (C=O) groups is 1. The second-order valence-corrected chi connectivity index (χ2v) is 5.25. The van der Waals surface area contributed by atoms with E-state index in [1.807, 2.05) is 24.3 Å². The van der Waals surface area contributed by atoms with Crippen LogP contribution in [-0.4, -0.2) is 39.4 Å². The number of nitrogens with one attached hydrogen (secondary N) is 1. The number of benzene rings is 2. The quantitative estimate of drug-likeness (QED) is 0.708. The van der Waals surface area contributed by atoms with Gasteiger partial charge in [-0.25, -0.2) is 0 Å². The molecule has 1 atom stereocenters. The van der Waals surface area contributed by atoms with Crippen molar-refractivity contribution < 1.29 is 23.7 Å². The Morgan fingerprint density at radius 2 is 1.36 bits per heavy atom. The van der Waals surface area contributed by atoms with Crippen LogP contribution in [0.4, 0.5) is 0 Å². The third kappa shape index (κ3) is 5.91. The summed E-state index contributed by atoms with van der Waals surface area (Å²) in [6, 6.07) is 14.3. The predicted molar refractivity (Wildman–Crippen MR) is 94.6 cm³/mol. The highest BCUT2D eigenvalue weighted by Gasteiger charge is 2.14. The van der Waals surface area contributed by atoms with E-state index in [2.05, 4.69) is 5.32 Å². The van der Waals surface area contributed by atoms with Crippen LogP contribution in [0.5, 0.6) is 23.0 Å². The van der Waals surface area contributed by atoms with E-state index < -0.39 is 6.10 Å². The lowest BCUT2D eigenvalue weighted by molar-refractivity contribution is -0.127. The van der Waals surface area contributed by atoms with Crippen molar-refractivity contribution >= 4 is 5.91 Å². The Bertz CT molecular complexity index is 655. The molecule has 1 N–H and O–H groups in total. The molecule has 0 unspecified atom stereocenters. The number of carbonyl (C=O) groups excluding carboxylic acids is 1. The Morgan fingerprint density at radius 1 is 0.880 bits per heavy atom. The Kier molecular flexibility index (Phi) is 6.95. The fraction of sp³-hybridized carbons (Fsp3) is 0.316. The maximum atomic E-state index is 12.0. The van der Waals surface area contributed by atoms with Gasteiger partial charge in [-0.05, 0) is 55.5 Å². The average Bonchev–Trinajstić information content (AvgIpc) is 2.66. The summed E-state index contributed by atoms with van der Waals surface area (Å²) in [5, 5.41) is 2.78.